The summed E-state index contributed by atoms with van der Waals surface area (Å²) in [5.41, 5.74) is 1.33. The van der Waals surface area contributed by atoms with Gasteiger partial charge in [0.25, 0.3) is 0 Å². The van der Waals surface area contributed by atoms with Crippen LogP contribution in [0.5, 0.6) is 0 Å². The van der Waals surface area contributed by atoms with Crippen LogP contribution in [0.2, 0.25) is 0 Å². The van der Waals surface area contributed by atoms with Crippen molar-refractivity contribution in [3.05, 3.63) is 59.7 Å². The van der Waals surface area contributed by atoms with E-state index in [-0.39, 0.29) is 11.6 Å². The molecule has 1 saturated heterocycles. The highest BCUT2D eigenvalue weighted by molar-refractivity contribution is 6.13. The highest BCUT2D eigenvalue weighted by Gasteiger charge is 2.37. The van der Waals surface area contributed by atoms with Gasteiger partial charge in [0.1, 0.15) is 5.92 Å². The van der Waals surface area contributed by atoms with Gasteiger partial charge in [0.15, 0.2) is 0 Å². The summed E-state index contributed by atoms with van der Waals surface area (Å²) in [7, 11) is 0. The maximum Gasteiger partial charge on any atom is 0.416 e. The van der Waals surface area contributed by atoms with E-state index in [2.05, 4.69) is 19.2 Å². The third-order valence-corrected chi connectivity index (χ3v) is 4.87. The fraction of sp³-hybridized carbons (Fsp3) is 0.333. The number of carbonyl (C=O) groups excluding carboxylic acids is 2. The second-order valence-corrected chi connectivity index (χ2v) is 7.14. The fourth-order valence-electron chi connectivity index (χ4n) is 3.19. The van der Waals surface area contributed by atoms with Crippen molar-refractivity contribution in [2.75, 3.05) is 16.8 Å². The minimum atomic E-state index is -4.43. The molecule has 0 bridgehead atoms. The number of carbonyl (C=O) groups is 2. The molecule has 1 aliphatic heterocycles. The van der Waals surface area contributed by atoms with Gasteiger partial charge in [0.05, 0.1) is 5.56 Å². The Balaban J connectivity index is 1.66. The molecule has 3 rings (SSSR count). The summed E-state index contributed by atoms with van der Waals surface area (Å²) in [4.78, 5) is 26.7. The first-order valence-corrected chi connectivity index (χ1v) is 9.06. The van der Waals surface area contributed by atoms with Gasteiger partial charge >= 0.3 is 6.18 Å². The van der Waals surface area contributed by atoms with Crippen molar-refractivity contribution in [3.8, 4) is 0 Å². The molecule has 2 aromatic carbocycles. The molecule has 1 unspecified atom stereocenters. The molecule has 1 N–H and O–H groups in total. The number of halogens is 3. The van der Waals surface area contributed by atoms with Gasteiger partial charge in [-0.05, 0) is 54.3 Å². The number of hydrogen-bond donors (Lipinski definition) is 1. The molecule has 7 heteroatoms. The maximum absolute atomic E-state index is 12.7. The Morgan fingerprint density at radius 2 is 1.68 bits per heavy atom. The van der Waals surface area contributed by atoms with Crippen LogP contribution in [0, 0.1) is 5.92 Å². The van der Waals surface area contributed by atoms with Crippen LogP contribution in [0.1, 0.15) is 37.3 Å². The summed E-state index contributed by atoms with van der Waals surface area (Å²) in [5, 5.41) is 2.54. The monoisotopic (exact) mass is 390 g/mol. The van der Waals surface area contributed by atoms with Crippen LogP contribution in [0.3, 0.4) is 0 Å². The highest BCUT2D eigenvalue weighted by Crippen LogP contribution is 2.31. The van der Waals surface area contributed by atoms with Gasteiger partial charge in [-0.25, -0.2) is 0 Å². The van der Waals surface area contributed by atoms with Crippen LogP contribution in [0.15, 0.2) is 48.5 Å². The summed E-state index contributed by atoms with van der Waals surface area (Å²) in [6.07, 6.45) is -4.08. The second-order valence-electron chi connectivity index (χ2n) is 7.14. The zero-order valence-corrected chi connectivity index (χ0v) is 15.6. The van der Waals surface area contributed by atoms with Gasteiger partial charge in [0.2, 0.25) is 11.8 Å². The lowest BCUT2D eigenvalue weighted by Gasteiger charge is -2.18. The van der Waals surface area contributed by atoms with Crippen molar-refractivity contribution in [1.82, 2.24) is 0 Å². The van der Waals surface area contributed by atoms with Gasteiger partial charge in [-0.15, -0.1) is 0 Å². The van der Waals surface area contributed by atoms with Gasteiger partial charge in [-0.2, -0.15) is 13.2 Å². The molecule has 0 spiro atoms. The Labute approximate surface area is 161 Å². The van der Waals surface area contributed by atoms with E-state index in [1.54, 1.807) is 4.90 Å². The molecule has 0 radical (unpaired) electrons. The Morgan fingerprint density at radius 3 is 2.21 bits per heavy atom. The van der Waals surface area contributed by atoms with Gasteiger partial charge in [-0.3, -0.25) is 9.59 Å². The molecule has 4 nitrogen and oxygen atoms in total. The second kappa shape index (κ2) is 7.66. The number of amides is 2. The lowest BCUT2D eigenvalue weighted by molar-refractivity contribution is -0.137. The summed E-state index contributed by atoms with van der Waals surface area (Å²) in [6, 6.07) is 11.8. The van der Waals surface area contributed by atoms with Crippen molar-refractivity contribution >= 4 is 23.2 Å². The van der Waals surface area contributed by atoms with Crippen molar-refractivity contribution in [2.45, 2.75) is 32.4 Å². The maximum atomic E-state index is 12.7. The number of rotatable bonds is 4. The molecule has 2 aromatic rings. The van der Waals surface area contributed by atoms with E-state index in [0.29, 0.717) is 18.9 Å². The largest absolute Gasteiger partial charge is 0.416 e. The zero-order chi connectivity index (χ0) is 20.5. The van der Waals surface area contributed by atoms with Crippen molar-refractivity contribution < 1.29 is 22.8 Å². The van der Waals surface area contributed by atoms with E-state index < -0.39 is 23.6 Å². The molecule has 1 fully saturated rings. The smallest absolute Gasteiger partial charge is 0.325 e. The van der Waals surface area contributed by atoms with Crippen molar-refractivity contribution in [3.63, 3.8) is 0 Å². The first-order chi connectivity index (χ1) is 13.2. The highest BCUT2D eigenvalue weighted by atomic mass is 19.4. The summed E-state index contributed by atoms with van der Waals surface area (Å²) < 4.78 is 37.8. The molecular weight excluding hydrogens is 369 g/mol. The molecule has 1 aliphatic rings. The molecule has 148 valence electrons. The molecule has 0 aliphatic carbocycles. The third kappa shape index (κ3) is 4.18. The minimum Gasteiger partial charge on any atom is -0.325 e. The third-order valence-electron chi connectivity index (χ3n) is 4.87. The molecule has 0 saturated carbocycles. The van der Waals surface area contributed by atoms with Crippen LogP contribution >= 0.6 is 0 Å². The van der Waals surface area contributed by atoms with Crippen LogP contribution in [0.25, 0.3) is 0 Å². The van der Waals surface area contributed by atoms with Gasteiger partial charge in [0, 0.05) is 17.9 Å². The normalized spacial score (nSPS) is 17.3. The molecule has 1 atom stereocenters. The molecule has 1 heterocycles. The van der Waals surface area contributed by atoms with Crippen LogP contribution < -0.4 is 10.2 Å². The summed E-state index contributed by atoms with van der Waals surface area (Å²) >= 11 is 0. The van der Waals surface area contributed by atoms with Gasteiger partial charge in [-0.1, -0.05) is 26.0 Å². The van der Waals surface area contributed by atoms with E-state index in [1.807, 2.05) is 24.3 Å². The van der Waals surface area contributed by atoms with Crippen LogP contribution in [0.4, 0.5) is 24.5 Å². The lowest BCUT2D eigenvalue weighted by Crippen LogP contribution is -2.33. The lowest BCUT2D eigenvalue weighted by atomic mass is 10.0. The molecule has 28 heavy (non-hydrogen) atoms. The number of nitrogens with one attached hydrogen (secondary N) is 1. The number of anilines is 2. The van der Waals surface area contributed by atoms with E-state index in [4.69, 9.17) is 0 Å². The Morgan fingerprint density at radius 1 is 1.07 bits per heavy atom. The van der Waals surface area contributed by atoms with Gasteiger partial charge < -0.3 is 10.2 Å². The topological polar surface area (TPSA) is 49.4 Å². The van der Waals surface area contributed by atoms with Crippen LogP contribution in [-0.4, -0.2) is 18.4 Å². The average molecular weight is 390 g/mol. The number of alkyl halides is 3. The average Bonchev–Trinajstić information content (AvgIpc) is 3.03. The Bertz CT molecular complexity index is 859. The Kier molecular flexibility index (Phi) is 5.45. The first kappa shape index (κ1) is 19.9. The first-order valence-electron chi connectivity index (χ1n) is 9.06. The van der Waals surface area contributed by atoms with E-state index in [9.17, 15) is 22.8 Å². The van der Waals surface area contributed by atoms with E-state index in [1.165, 1.54) is 12.1 Å². The Hall–Kier alpha value is -2.83. The van der Waals surface area contributed by atoms with Crippen molar-refractivity contribution in [2.24, 2.45) is 5.92 Å². The summed E-state index contributed by atoms with van der Waals surface area (Å²) in [6.45, 7) is 4.58. The van der Waals surface area contributed by atoms with Crippen molar-refractivity contribution in [1.29, 1.82) is 0 Å². The molecular formula is C21H21F3N2O2. The number of benzene rings is 2. The SMILES string of the molecule is CC(C)c1ccc(N2CCC(C(=O)Nc3ccc(C(F)(F)F)cc3)C2=O)cc1. The predicted molar refractivity (Wildman–Crippen MR) is 101 cm³/mol. The standard InChI is InChI=1S/C21H21F3N2O2/c1-13(2)14-3-9-17(10-4-14)26-12-11-18(20(26)28)19(27)25-16-7-5-15(6-8-16)21(22,23)24/h3-10,13,18H,11-12H2,1-2H3,(H,25,27). The van der Waals surface area contributed by atoms with E-state index >= 15 is 0 Å². The zero-order valence-electron chi connectivity index (χ0n) is 15.6. The molecule has 0 aromatic heterocycles. The van der Waals surface area contributed by atoms with Crippen LogP contribution in [-0.2, 0) is 15.8 Å². The quantitative estimate of drug-likeness (QED) is 0.761. The predicted octanol–water partition coefficient (Wildman–Crippen LogP) is 4.82. The van der Waals surface area contributed by atoms with E-state index in [0.717, 1.165) is 23.4 Å². The number of hydrogen-bond acceptors (Lipinski definition) is 2. The minimum absolute atomic E-state index is 0.227. The number of nitrogens with zero attached hydrogens (tertiary/aromatic N) is 1. The summed E-state index contributed by atoms with van der Waals surface area (Å²) in [5.74, 6) is -1.29. The molecule has 2 amide bonds. The fourth-order valence-corrected chi connectivity index (χ4v) is 3.19.